The monoisotopic (exact) mass is 642 g/mol. The predicted molar refractivity (Wildman–Crippen MR) is 157 cm³/mol. The van der Waals surface area contributed by atoms with Gasteiger partial charge in [0, 0.05) is 12.8 Å². The van der Waals surface area contributed by atoms with Gasteiger partial charge in [-0.25, -0.2) is 4.57 Å². The molecular formula is C29H55O13P. The largest absolute Gasteiger partial charge is 0.472 e. The fraction of sp³-hybridized carbons (Fsp3) is 0.931. The SMILES string of the molecule is CCCCCCCCCC(=O)OCC(COP(=O)(O)OC1C(O)C(O)C(O)C(O)C1O)OC(=O)CCCCCCCCC. The molecular weight excluding hydrogens is 587 g/mol. The fourth-order valence-corrected chi connectivity index (χ4v) is 5.73. The third-order valence-corrected chi connectivity index (χ3v) is 8.43. The van der Waals surface area contributed by atoms with Gasteiger partial charge in [0.1, 0.15) is 43.2 Å². The van der Waals surface area contributed by atoms with Crippen LogP contribution < -0.4 is 0 Å². The summed E-state index contributed by atoms with van der Waals surface area (Å²) >= 11 is 0. The van der Waals surface area contributed by atoms with Gasteiger partial charge in [0.2, 0.25) is 0 Å². The Labute approximate surface area is 255 Å². The Balaban J connectivity index is 2.65. The minimum atomic E-state index is -5.08. The summed E-state index contributed by atoms with van der Waals surface area (Å²) in [5, 5.41) is 49.5. The van der Waals surface area contributed by atoms with Gasteiger partial charge < -0.3 is 39.9 Å². The van der Waals surface area contributed by atoms with Crippen LogP contribution in [0.25, 0.3) is 0 Å². The molecule has 1 rings (SSSR count). The van der Waals surface area contributed by atoms with E-state index in [0.717, 1.165) is 64.2 Å². The molecule has 6 atom stereocenters. The van der Waals surface area contributed by atoms with Crippen LogP contribution in [-0.2, 0) is 32.7 Å². The van der Waals surface area contributed by atoms with Crippen LogP contribution >= 0.6 is 7.82 Å². The minimum Gasteiger partial charge on any atom is -0.462 e. The van der Waals surface area contributed by atoms with E-state index >= 15 is 0 Å². The van der Waals surface area contributed by atoms with E-state index in [0.29, 0.717) is 12.8 Å². The number of unbranched alkanes of at least 4 members (excludes halogenated alkanes) is 12. The number of carbonyl (C=O) groups excluding carboxylic acids is 2. The van der Waals surface area contributed by atoms with Gasteiger partial charge >= 0.3 is 19.8 Å². The summed E-state index contributed by atoms with van der Waals surface area (Å²) in [5.74, 6) is -1.11. The molecule has 1 aliphatic carbocycles. The molecule has 14 heteroatoms. The number of hydrogen-bond donors (Lipinski definition) is 6. The van der Waals surface area contributed by atoms with Crippen LogP contribution in [0, 0.1) is 0 Å². The van der Waals surface area contributed by atoms with E-state index in [1.165, 1.54) is 12.8 Å². The highest BCUT2D eigenvalue weighted by Crippen LogP contribution is 2.47. The summed E-state index contributed by atoms with van der Waals surface area (Å²) in [6.07, 6.45) is 1.20. The summed E-state index contributed by atoms with van der Waals surface area (Å²) in [4.78, 5) is 34.9. The second kappa shape index (κ2) is 22.4. The predicted octanol–water partition coefficient (Wildman–Crippen LogP) is 3.04. The van der Waals surface area contributed by atoms with E-state index in [2.05, 4.69) is 13.8 Å². The van der Waals surface area contributed by atoms with E-state index in [1.807, 2.05) is 0 Å². The number of esters is 2. The zero-order chi connectivity index (χ0) is 32.3. The summed E-state index contributed by atoms with van der Waals surface area (Å²) in [6, 6.07) is 0. The zero-order valence-electron chi connectivity index (χ0n) is 25.8. The van der Waals surface area contributed by atoms with Crippen molar-refractivity contribution in [3.63, 3.8) is 0 Å². The Morgan fingerprint density at radius 3 is 1.53 bits per heavy atom. The van der Waals surface area contributed by atoms with Gasteiger partial charge in [-0.15, -0.1) is 0 Å². The van der Waals surface area contributed by atoms with Gasteiger partial charge in [-0.1, -0.05) is 90.9 Å². The van der Waals surface area contributed by atoms with Crippen LogP contribution in [0.15, 0.2) is 0 Å². The van der Waals surface area contributed by atoms with Crippen LogP contribution in [-0.4, -0.2) is 98.3 Å². The molecule has 0 bridgehead atoms. The first kappa shape index (κ1) is 39.9. The van der Waals surface area contributed by atoms with Crippen LogP contribution in [0.4, 0.5) is 0 Å². The molecule has 0 aromatic heterocycles. The third-order valence-electron chi connectivity index (χ3n) is 7.45. The Morgan fingerprint density at radius 2 is 1.05 bits per heavy atom. The van der Waals surface area contributed by atoms with Crippen molar-refractivity contribution < 1.29 is 63.1 Å². The molecule has 0 aliphatic heterocycles. The van der Waals surface area contributed by atoms with Gasteiger partial charge in [-0.2, -0.15) is 0 Å². The van der Waals surface area contributed by atoms with Crippen molar-refractivity contribution in [2.24, 2.45) is 0 Å². The first-order chi connectivity index (χ1) is 20.4. The van der Waals surface area contributed by atoms with E-state index < -0.39 is 75.7 Å². The van der Waals surface area contributed by atoms with Gasteiger partial charge in [-0.3, -0.25) is 18.6 Å². The maximum Gasteiger partial charge on any atom is 0.472 e. The standard InChI is InChI=1S/C29H55O13P/c1-3-5-7-9-11-13-15-17-22(30)39-19-21(41-23(31)18-16-14-12-10-8-6-4-2)20-40-43(37,38)42-29-27(35)25(33)24(32)26(34)28(29)36/h21,24-29,32-36H,3-20H2,1-2H3,(H,37,38). The highest BCUT2D eigenvalue weighted by molar-refractivity contribution is 7.47. The molecule has 43 heavy (non-hydrogen) atoms. The molecule has 1 saturated carbocycles. The molecule has 0 amide bonds. The lowest BCUT2D eigenvalue weighted by atomic mass is 9.85. The number of ether oxygens (including phenoxy) is 2. The van der Waals surface area contributed by atoms with E-state index in [1.54, 1.807) is 0 Å². The van der Waals surface area contributed by atoms with Crippen LogP contribution in [0.2, 0.25) is 0 Å². The lowest BCUT2D eigenvalue weighted by Crippen LogP contribution is -2.64. The van der Waals surface area contributed by atoms with Crippen molar-refractivity contribution in [3.05, 3.63) is 0 Å². The molecule has 1 aliphatic rings. The zero-order valence-corrected chi connectivity index (χ0v) is 26.7. The Bertz CT molecular complexity index is 797. The molecule has 0 aromatic rings. The average molecular weight is 643 g/mol. The van der Waals surface area contributed by atoms with Crippen LogP contribution in [0.3, 0.4) is 0 Å². The topological polar surface area (TPSA) is 210 Å². The van der Waals surface area contributed by atoms with Crippen molar-refractivity contribution in [1.82, 2.24) is 0 Å². The number of carbonyl (C=O) groups is 2. The number of phosphoric ester groups is 1. The average Bonchev–Trinajstić information content (AvgIpc) is 2.97. The quantitative estimate of drug-likeness (QED) is 0.0509. The van der Waals surface area contributed by atoms with E-state index in [-0.39, 0.29) is 12.8 Å². The fourth-order valence-electron chi connectivity index (χ4n) is 4.75. The third kappa shape index (κ3) is 16.7. The van der Waals surface area contributed by atoms with Gasteiger partial charge in [0.15, 0.2) is 6.10 Å². The van der Waals surface area contributed by atoms with E-state index in [4.69, 9.17) is 18.5 Å². The molecule has 6 unspecified atom stereocenters. The molecule has 0 saturated heterocycles. The van der Waals surface area contributed by atoms with Crippen molar-refractivity contribution in [1.29, 1.82) is 0 Å². The second-order valence-electron chi connectivity index (χ2n) is 11.3. The first-order valence-electron chi connectivity index (χ1n) is 15.8. The summed E-state index contributed by atoms with van der Waals surface area (Å²) < 4.78 is 32.9. The Kier molecular flexibility index (Phi) is 20.7. The molecule has 0 heterocycles. The molecule has 254 valence electrons. The Hall–Kier alpha value is -1.15. The van der Waals surface area contributed by atoms with Gasteiger partial charge in [0.25, 0.3) is 0 Å². The van der Waals surface area contributed by atoms with Crippen molar-refractivity contribution >= 4 is 19.8 Å². The van der Waals surface area contributed by atoms with Crippen LogP contribution in [0.5, 0.6) is 0 Å². The van der Waals surface area contributed by atoms with E-state index in [9.17, 15) is 44.6 Å². The molecule has 0 aromatic carbocycles. The number of phosphoric acid groups is 1. The van der Waals surface area contributed by atoms with Gasteiger partial charge in [0.05, 0.1) is 6.61 Å². The molecule has 13 nitrogen and oxygen atoms in total. The van der Waals surface area contributed by atoms with Crippen molar-refractivity contribution in [3.8, 4) is 0 Å². The maximum atomic E-state index is 12.6. The number of hydrogen-bond acceptors (Lipinski definition) is 12. The summed E-state index contributed by atoms with van der Waals surface area (Å²) in [5.41, 5.74) is 0. The second-order valence-corrected chi connectivity index (χ2v) is 12.7. The lowest BCUT2D eigenvalue weighted by molar-refractivity contribution is -0.220. The summed E-state index contributed by atoms with van der Waals surface area (Å²) in [6.45, 7) is 3.11. The van der Waals surface area contributed by atoms with Crippen LogP contribution in [0.1, 0.15) is 117 Å². The number of aliphatic hydroxyl groups is 5. The number of aliphatic hydroxyl groups excluding tert-OH is 5. The smallest absolute Gasteiger partial charge is 0.462 e. The first-order valence-corrected chi connectivity index (χ1v) is 17.3. The highest BCUT2D eigenvalue weighted by atomic mass is 31.2. The lowest BCUT2D eigenvalue weighted by Gasteiger charge is -2.41. The maximum absolute atomic E-state index is 12.6. The minimum absolute atomic E-state index is 0.0993. The summed E-state index contributed by atoms with van der Waals surface area (Å²) in [7, 11) is -5.08. The number of rotatable bonds is 24. The Morgan fingerprint density at radius 1 is 0.628 bits per heavy atom. The van der Waals surface area contributed by atoms with Crippen molar-refractivity contribution in [2.45, 2.75) is 159 Å². The molecule has 6 N–H and O–H groups in total. The highest BCUT2D eigenvalue weighted by Gasteiger charge is 2.51. The normalized spacial score (nSPS) is 26.0. The van der Waals surface area contributed by atoms with Crippen molar-refractivity contribution in [2.75, 3.05) is 13.2 Å². The molecule has 0 radical (unpaired) electrons. The molecule has 1 fully saturated rings. The molecule has 0 spiro atoms. The van der Waals surface area contributed by atoms with Gasteiger partial charge in [-0.05, 0) is 12.8 Å².